The highest BCUT2D eigenvalue weighted by Gasteiger charge is 2.37. The van der Waals surface area contributed by atoms with Crippen LogP contribution < -0.4 is 11.1 Å². The molecule has 0 saturated carbocycles. The van der Waals surface area contributed by atoms with Gasteiger partial charge in [0.1, 0.15) is 17.7 Å². The number of benzene rings is 3. The Bertz CT molecular complexity index is 1490. The predicted octanol–water partition coefficient (Wildman–Crippen LogP) is 4.39. The Kier molecular flexibility index (Phi) is 7.26. The molecule has 0 aromatic heterocycles. The Morgan fingerprint density at radius 1 is 0.944 bits per heavy atom. The van der Waals surface area contributed by atoms with Crippen LogP contribution in [0.15, 0.2) is 106 Å². The zero-order chi connectivity index (χ0) is 24.6. The number of hydrogen-bond donors (Lipinski definition) is 2. The summed E-state index contributed by atoms with van der Waals surface area (Å²) in [5.41, 5.74) is 9.03. The topological polar surface area (TPSA) is 87.8 Å². The van der Waals surface area contributed by atoms with Gasteiger partial charge in [0.15, 0.2) is 5.96 Å². The maximum Gasteiger partial charge on any atom is 0.243 e. The average Bonchev–Trinajstić information content (AvgIpc) is 2.84. The van der Waals surface area contributed by atoms with Gasteiger partial charge in [-0.15, -0.1) is 12.4 Å². The van der Waals surface area contributed by atoms with Crippen LogP contribution in [0, 0.1) is 11.6 Å². The van der Waals surface area contributed by atoms with Crippen LogP contribution in [0.3, 0.4) is 0 Å². The van der Waals surface area contributed by atoms with E-state index in [0.29, 0.717) is 28.0 Å². The molecule has 0 aliphatic carbocycles. The van der Waals surface area contributed by atoms with Crippen molar-refractivity contribution in [3.05, 3.63) is 118 Å². The molecule has 10 heteroatoms. The largest absolute Gasteiger partial charge is 0.370 e. The second-order valence-corrected chi connectivity index (χ2v) is 10.2. The van der Waals surface area contributed by atoms with Crippen molar-refractivity contribution in [1.29, 1.82) is 0 Å². The van der Waals surface area contributed by atoms with Gasteiger partial charge in [-0.25, -0.2) is 22.2 Å². The first kappa shape index (κ1) is 25.6. The van der Waals surface area contributed by atoms with Crippen molar-refractivity contribution < 1.29 is 17.2 Å². The van der Waals surface area contributed by atoms with Crippen LogP contribution in [0.5, 0.6) is 0 Å². The summed E-state index contributed by atoms with van der Waals surface area (Å²) < 4.78 is 56.4. The second-order valence-electron chi connectivity index (χ2n) is 8.31. The standard InChI is InChI=1S/C26H22F2N4O2S.ClH/c27-20-8-4-6-17(13-20)12-19-15-32(35(33,34)22-10-2-1-3-11-22)16-23-24(30-26(29)31-25(19)23)18-7-5-9-21(28)14-18;/h1-14,24H,15-16H2,(H3,29,30,31);1H/b19-12+;. The number of nitrogens with two attached hydrogens (primary N) is 1. The van der Waals surface area contributed by atoms with Gasteiger partial charge < -0.3 is 11.1 Å². The van der Waals surface area contributed by atoms with Gasteiger partial charge in [0.05, 0.1) is 4.90 Å². The van der Waals surface area contributed by atoms with E-state index in [1.165, 1.54) is 40.7 Å². The summed E-state index contributed by atoms with van der Waals surface area (Å²) in [4.78, 5) is 4.63. The lowest BCUT2D eigenvalue weighted by Gasteiger charge is -2.37. The average molecular weight is 529 g/mol. The first-order valence-electron chi connectivity index (χ1n) is 10.9. The SMILES string of the molecule is Cl.NC1=NC(c2cccc(F)c2)C2=C(N1)/C(=C/c1cccc(F)c1)CN(S(=O)(=O)c1ccccc1)C2. The minimum atomic E-state index is -3.87. The number of nitrogens with one attached hydrogen (secondary N) is 1. The molecule has 2 aliphatic heterocycles. The molecule has 0 radical (unpaired) electrons. The Balaban J connectivity index is 0.00000304. The number of hydrogen-bond acceptors (Lipinski definition) is 5. The van der Waals surface area contributed by atoms with Crippen molar-refractivity contribution in [2.45, 2.75) is 10.9 Å². The second kappa shape index (κ2) is 10.2. The number of nitrogens with zero attached hydrogens (tertiary/aromatic N) is 2. The highest BCUT2D eigenvalue weighted by molar-refractivity contribution is 7.89. The van der Waals surface area contributed by atoms with E-state index in [1.807, 2.05) is 0 Å². The summed E-state index contributed by atoms with van der Waals surface area (Å²) in [7, 11) is -3.87. The molecule has 0 amide bonds. The molecule has 0 spiro atoms. The fraction of sp³-hybridized carbons (Fsp3) is 0.115. The summed E-state index contributed by atoms with van der Waals surface area (Å²) in [5.74, 6) is -0.715. The van der Waals surface area contributed by atoms with Gasteiger partial charge in [0.2, 0.25) is 10.0 Å². The summed E-state index contributed by atoms with van der Waals surface area (Å²) >= 11 is 0. The molecule has 1 unspecified atom stereocenters. The van der Waals surface area contributed by atoms with Crippen molar-refractivity contribution in [3.8, 4) is 0 Å². The predicted molar refractivity (Wildman–Crippen MR) is 138 cm³/mol. The lowest BCUT2D eigenvalue weighted by molar-refractivity contribution is 0.436. The Morgan fingerprint density at radius 2 is 1.64 bits per heavy atom. The van der Waals surface area contributed by atoms with Crippen LogP contribution in [-0.4, -0.2) is 31.8 Å². The van der Waals surface area contributed by atoms with E-state index in [4.69, 9.17) is 5.73 Å². The van der Waals surface area contributed by atoms with Gasteiger partial charge in [-0.3, -0.25) is 0 Å². The van der Waals surface area contributed by atoms with E-state index in [9.17, 15) is 17.2 Å². The van der Waals surface area contributed by atoms with Gasteiger partial charge in [-0.2, -0.15) is 4.31 Å². The fourth-order valence-electron chi connectivity index (χ4n) is 4.34. The summed E-state index contributed by atoms with van der Waals surface area (Å²) in [5, 5.41) is 3.06. The Hall–Kier alpha value is -3.53. The minimum absolute atomic E-state index is 0. The highest BCUT2D eigenvalue weighted by atomic mass is 35.5. The molecule has 3 aromatic carbocycles. The van der Waals surface area contributed by atoms with Crippen LogP contribution in [0.4, 0.5) is 8.78 Å². The normalized spacial score (nSPS) is 19.2. The lowest BCUT2D eigenvalue weighted by Crippen LogP contribution is -2.46. The molecule has 5 rings (SSSR count). The third kappa shape index (κ3) is 5.04. The molecule has 3 N–H and O–H groups in total. The molecule has 3 aromatic rings. The van der Waals surface area contributed by atoms with Crippen molar-refractivity contribution in [1.82, 2.24) is 9.62 Å². The summed E-state index contributed by atoms with van der Waals surface area (Å²) in [6.45, 7) is 0.0563. The van der Waals surface area contributed by atoms with Crippen LogP contribution >= 0.6 is 12.4 Å². The van der Waals surface area contributed by atoms with Gasteiger partial charge in [0, 0.05) is 18.8 Å². The van der Waals surface area contributed by atoms with Crippen LogP contribution in [0.2, 0.25) is 0 Å². The van der Waals surface area contributed by atoms with Crippen LogP contribution in [0.25, 0.3) is 6.08 Å². The van der Waals surface area contributed by atoms with E-state index < -0.39 is 27.7 Å². The van der Waals surface area contributed by atoms with E-state index >= 15 is 0 Å². The zero-order valence-corrected chi connectivity index (χ0v) is 20.6. The molecule has 1 atom stereocenters. The monoisotopic (exact) mass is 528 g/mol. The molecule has 0 bridgehead atoms. The van der Waals surface area contributed by atoms with Crippen molar-refractivity contribution >= 4 is 34.5 Å². The number of halogens is 3. The Morgan fingerprint density at radius 3 is 2.33 bits per heavy atom. The first-order chi connectivity index (χ1) is 16.8. The molecule has 6 nitrogen and oxygen atoms in total. The molecule has 2 heterocycles. The summed E-state index contributed by atoms with van der Waals surface area (Å²) in [6.07, 6.45) is 1.72. The quantitative estimate of drug-likeness (QED) is 0.526. The number of guanidine groups is 1. The highest BCUT2D eigenvalue weighted by Crippen LogP contribution is 2.38. The molecular weight excluding hydrogens is 506 g/mol. The van der Waals surface area contributed by atoms with Crippen molar-refractivity contribution in [2.75, 3.05) is 13.1 Å². The fourth-order valence-corrected chi connectivity index (χ4v) is 5.76. The third-order valence-corrected chi connectivity index (χ3v) is 7.73. The molecule has 36 heavy (non-hydrogen) atoms. The van der Waals surface area contributed by atoms with Gasteiger partial charge >= 0.3 is 0 Å². The van der Waals surface area contributed by atoms with Crippen LogP contribution in [0.1, 0.15) is 17.2 Å². The van der Waals surface area contributed by atoms with E-state index in [2.05, 4.69) is 10.3 Å². The minimum Gasteiger partial charge on any atom is -0.370 e. The van der Waals surface area contributed by atoms with Crippen molar-refractivity contribution in [3.63, 3.8) is 0 Å². The van der Waals surface area contributed by atoms with E-state index in [1.54, 1.807) is 48.5 Å². The maximum atomic E-state index is 14.1. The number of sulfonamides is 1. The van der Waals surface area contributed by atoms with E-state index in [0.717, 1.165) is 0 Å². The first-order valence-corrected chi connectivity index (χ1v) is 12.4. The zero-order valence-electron chi connectivity index (χ0n) is 18.9. The maximum absolute atomic E-state index is 14.1. The molecule has 0 saturated heterocycles. The lowest BCUT2D eigenvalue weighted by atomic mass is 9.90. The molecule has 186 valence electrons. The third-order valence-electron chi connectivity index (χ3n) is 5.92. The molecular formula is C26H23ClF2N4O2S. The Labute approximate surface area is 214 Å². The molecule has 0 fully saturated rings. The number of aliphatic imine (C=N–C) groups is 1. The van der Waals surface area contributed by atoms with Crippen LogP contribution in [-0.2, 0) is 10.0 Å². The molecule has 2 aliphatic rings. The van der Waals surface area contributed by atoms with Crippen molar-refractivity contribution in [2.24, 2.45) is 10.7 Å². The summed E-state index contributed by atoms with van der Waals surface area (Å²) in [6, 6.07) is 19.4. The van der Waals surface area contributed by atoms with Gasteiger partial charge in [-0.1, -0.05) is 42.5 Å². The van der Waals surface area contributed by atoms with E-state index in [-0.39, 0.29) is 36.4 Å². The van der Waals surface area contributed by atoms with Gasteiger partial charge in [-0.05, 0) is 64.7 Å². The number of rotatable bonds is 4. The van der Waals surface area contributed by atoms with Gasteiger partial charge in [0.25, 0.3) is 0 Å². The smallest absolute Gasteiger partial charge is 0.243 e.